The Morgan fingerprint density at radius 3 is 1.41 bits per heavy atom. The molecule has 0 amide bonds. The third kappa shape index (κ3) is 16.6. The summed E-state index contributed by atoms with van der Waals surface area (Å²) >= 11 is 4.24. The van der Waals surface area contributed by atoms with Crippen molar-refractivity contribution in [1.29, 1.82) is 0 Å². The summed E-state index contributed by atoms with van der Waals surface area (Å²) < 4.78 is 27.9. The molecule has 4 fully saturated rings. The van der Waals surface area contributed by atoms with Gasteiger partial charge >= 0.3 is 0 Å². The molecule has 4 saturated carbocycles. The Labute approximate surface area is 341 Å². The van der Waals surface area contributed by atoms with Gasteiger partial charge in [0.25, 0.3) is 0 Å². The van der Waals surface area contributed by atoms with E-state index in [0.29, 0.717) is 11.1 Å². The van der Waals surface area contributed by atoms with E-state index in [1.165, 1.54) is 102 Å². The zero-order valence-corrected chi connectivity index (χ0v) is 33.6. The Hall–Kier alpha value is -0.240. The van der Waals surface area contributed by atoms with Crippen molar-refractivity contribution in [2.75, 3.05) is 0 Å². The van der Waals surface area contributed by atoms with Gasteiger partial charge in [-0.2, -0.15) is 0 Å². The molecule has 0 heterocycles. The third-order valence-corrected chi connectivity index (χ3v) is 12.7. The maximum absolute atomic E-state index is 14.2. The van der Waals surface area contributed by atoms with Crippen molar-refractivity contribution in [2.24, 2.45) is 41.4 Å². The van der Waals surface area contributed by atoms with Crippen molar-refractivity contribution < 1.29 is 8.78 Å². The molecule has 0 radical (unpaired) electrons. The highest BCUT2D eigenvalue weighted by Gasteiger charge is 2.32. The molecule has 4 heteroatoms. The summed E-state index contributed by atoms with van der Waals surface area (Å²) in [6, 6.07) is 12.7. The largest absolute Gasteiger partial charge is 0.203 e. The van der Waals surface area contributed by atoms with Crippen LogP contribution in [0.5, 0.6) is 0 Å². The molecule has 298 valence electrons. The van der Waals surface area contributed by atoms with E-state index in [0.717, 1.165) is 54.3 Å². The maximum atomic E-state index is 14.2. The molecule has 4 aliphatic rings. The van der Waals surface area contributed by atoms with Crippen molar-refractivity contribution in [3.63, 3.8) is 0 Å². The van der Waals surface area contributed by atoms with Crippen LogP contribution in [-0.4, -0.2) is 0 Å². The molecule has 6 rings (SSSR count). The molecule has 0 atom stereocenters. The maximum Gasteiger partial charge on any atom is 0.162 e. The zero-order valence-electron chi connectivity index (χ0n) is 29.3. The van der Waals surface area contributed by atoms with E-state index in [9.17, 15) is 8.78 Å². The van der Waals surface area contributed by atoms with Crippen LogP contribution >= 0.6 is 37.2 Å². The molecule has 2 aromatic carbocycles. The van der Waals surface area contributed by atoms with Crippen molar-refractivity contribution in [1.82, 2.24) is 0 Å². The highest BCUT2D eigenvalue weighted by atomic mass is 128. The summed E-state index contributed by atoms with van der Waals surface area (Å²) in [6.07, 6.45) is 24.8. The van der Waals surface area contributed by atoms with Gasteiger partial charge in [0, 0.05) is 37.2 Å². The van der Waals surface area contributed by atoms with Crippen LogP contribution in [0.15, 0.2) is 36.4 Å². The lowest BCUT2D eigenvalue weighted by atomic mass is 9.68. The fraction of sp³-hybridized carbons (Fsp3) is 0.745. The van der Waals surface area contributed by atoms with Crippen molar-refractivity contribution >= 4 is 37.2 Å². The summed E-state index contributed by atoms with van der Waals surface area (Å²) in [5, 5.41) is 0. The minimum Gasteiger partial charge on any atom is -0.203 e. The molecule has 0 N–H and O–H groups in total. The van der Waals surface area contributed by atoms with E-state index in [2.05, 4.69) is 82.3 Å². The van der Waals surface area contributed by atoms with Crippen molar-refractivity contribution in [3.8, 4) is 0 Å². The number of hydrogen-bond donors (Lipinski definition) is 0. The Morgan fingerprint density at radius 2 is 0.922 bits per heavy atom. The summed E-state index contributed by atoms with van der Waals surface area (Å²) in [7, 11) is 0. The average Bonchev–Trinajstić information content (AvgIpc) is 3.08. The third-order valence-electron chi connectivity index (χ3n) is 12.7. The summed E-state index contributed by atoms with van der Waals surface area (Å²) in [5.74, 6) is 5.63. The quantitative estimate of drug-likeness (QED) is 0.253. The van der Waals surface area contributed by atoms with Crippen molar-refractivity contribution in [3.05, 3.63) is 70.3 Å². The SMILES string of the molecule is C.C.C.C.C.Cc1ccc(C2CCC(C3CCC(C)CC3)CC2)c(F)c1F.Cc1ccc(CC2CCC(CC3CCC(C)CC3)CC2)cc1.II. The summed E-state index contributed by atoms with van der Waals surface area (Å²) in [5.41, 5.74) is 3.95. The minimum absolute atomic E-state index is 0. The first-order valence-corrected chi connectivity index (χ1v) is 25.2. The molecule has 0 bridgehead atoms. The normalized spacial score (nSPS) is 28.5. The standard InChI is InChI=1S/C22H34.C20H28F2.5CH4.I2/c1-17-3-7-19(8-4-17)15-21-11-13-22(14-12-21)16-20-9-5-18(2)6-10-20;1-13-3-6-15(7-4-13)16-8-10-17(11-9-16)18-12-5-14(2)19(21)20(18)22;;;;;;1-2/h3-4,7-8,18,20-22H,5-6,9-16H2,1-2H3;5,12-13,15-17H,3-4,6-11H2,1-2H3;5*1H4;. The molecular weight excluding hydrogens is 856 g/mol. The van der Waals surface area contributed by atoms with E-state index >= 15 is 0 Å². The van der Waals surface area contributed by atoms with Crippen LogP contribution < -0.4 is 0 Å². The number of rotatable bonds is 6. The van der Waals surface area contributed by atoms with Crippen molar-refractivity contribution in [2.45, 2.75) is 186 Å². The van der Waals surface area contributed by atoms with Crippen LogP contribution in [0.4, 0.5) is 8.78 Å². The van der Waals surface area contributed by atoms with Crippen LogP contribution in [0, 0.1) is 66.9 Å². The lowest BCUT2D eigenvalue weighted by Gasteiger charge is -2.37. The molecular formula is C47H82F2I2. The van der Waals surface area contributed by atoms with Gasteiger partial charge in [0.2, 0.25) is 0 Å². The van der Waals surface area contributed by atoms with E-state index in [1.54, 1.807) is 31.0 Å². The van der Waals surface area contributed by atoms with E-state index in [4.69, 9.17) is 0 Å². The fourth-order valence-electron chi connectivity index (χ4n) is 9.40. The predicted octanol–water partition coefficient (Wildman–Crippen LogP) is 17.9. The van der Waals surface area contributed by atoms with Gasteiger partial charge in [0.15, 0.2) is 11.6 Å². The topological polar surface area (TPSA) is 0 Å². The first-order valence-electron chi connectivity index (χ1n) is 18.9. The molecule has 0 saturated heterocycles. The van der Waals surface area contributed by atoms with Gasteiger partial charge in [-0.3, -0.25) is 0 Å². The van der Waals surface area contributed by atoms with Crippen LogP contribution in [-0.2, 0) is 6.42 Å². The van der Waals surface area contributed by atoms with Gasteiger partial charge in [-0.05, 0) is 142 Å². The summed E-state index contributed by atoms with van der Waals surface area (Å²) in [4.78, 5) is 0. The van der Waals surface area contributed by atoms with E-state index in [1.807, 2.05) is 0 Å². The van der Waals surface area contributed by atoms with Crippen LogP contribution in [0.2, 0.25) is 0 Å². The van der Waals surface area contributed by atoms with Gasteiger partial charge in [-0.15, -0.1) is 0 Å². The minimum atomic E-state index is -0.652. The Morgan fingerprint density at radius 1 is 0.510 bits per heavy atom. The smallest absolute Gasteiger partial charge is 0.162 e. The number of aryl methyl sites for hydroxylation is 2. The number of benzene rings is 2. The van der Waals surface area contributed by atoms with Crippen LogP contribution in [0.1, 0.15) is 188 Å². The Kier molecular flexibility index (Phi) is 28.4. The molecule has 0 aliphatic heterocycles. The molecule has 51 heavy (non-hydrogen) atoms. The zero-order chi connectivity index (χ0) is 33.1. The molecule has 4 aliphatic carbocycles. The van der Waals surface area contributed by atoms with Gasteiger partial charge < -0.3 is 0 Å². The Bertz CT molecular complexity index is 1130. The summed E-state index contributed by atoms with van der Waals surface area (Å²) in [6.45, 7) is 8.61. The first-order chi connectivity index (χ1) is 22.2. The second-order valence-electron chi connectivity index (χ2n) is 16.2. The van der Waals surface area contributed by atoms with Gasteiger partial charge in [-0.1, -0.05) is 144 Å². The van der Waals surface area contributed by atoms with Gasteiger partial charge in [-0.25, -0.2) is 8.78 Å². The second-order valence-corrected chi connectivity index (χ2v) is 16.2. The van der Waals surface area contributed by atoms with E-state index in [-0.39, 0.29) is 43.1 Å². The molecule has 0 unspecified atom stereocenters. The van der Waals surface area contributed by atoms with Gasteiger partial charge in [0.05, 0.1) is 0 Å². The lowest BCUT2D eigenvalue weighted by molar-refractivity contribution is 0.164. The lowest BCUT2D eigenvalue weighted by Crippen LogP contribution is -2.25. The van der Waals surface area contributed by atoms with Crippen LogP contribution in [0.3, 0.4) is 0 Å². The average molecular weight is 939 g/mol. The molecule has 0 aromatic heterocycles. The Balaban J connectivity index is 0. The highest BCUT2D eigenvalue weighted by molar-refractivity contribution is 15.0. The van der Waals surface area contributed by atoms with Crippen LogP contribution in [0.25, 0.3) is 0 Å². The highest BCUT2D eigenvalue weighted by Crippen LogP contribution is 2.44. The number of hydrogen-bond acceptors (Lipinski definition) is 0. The predicted molar refractivity (Wildman–Crippen MR) is 245 cm³/mol. The molecule has 0 spiro atoms. The first kappa shape index (κ1) is 52.9. The molecule has 0 nitrogen and oxygen atoms in total. The number of halogens is 4. The monoisotopic (exact) mass is 938 g/mol. The molecule has 2 aromatic rings. The fourth-order valence-corrected chi connectivity index (χ4v) is 9.40. The van der Waals surface area contributed by atoms with E-state index < -0.39 is 11.6 Å². The second kappa shape index (κ2) is 27.4. The van der Waals surface area contributed by atoms with Gasteiger partial charge in [0.1, 0.15) is 0 Å².